The summed E-state index contributed by atoms with van der Waals surface area (Å²) >= 11 is 12.9. The number of amides is 2. The number of carbonyl (C=O) groups is 2. The van der Waals surface area contributed by atoms with Crippen molar-refractivity contribution in [2.45, 2.75) is 17.9 Å². The van der Waals surface area contributed by atoms with Crippen LogP contribution >= 0.6 is 35.0 Å². The second-order valence-electron chi connectivity index (χ2n) is 6.68. The lowest BCUT2D eigenvalue weighted by Crippen LogP contribution is -2.24. The van der Waals surface area contributed by atoms with Crippen molar-refractivity contribution in [3.63, 3.8) is 0 Å². The number of rotatable bonds is 7. The molecule has 2 amide bonds. The standard InChI is InChI=1S/C20H16Cl2F3N5O2S/c1-30-16(9-26-18(32)14-6-5-12(21)8-15(14)22)28-29-19(30)33-10-17(31)27-13-4-2-3-11(7-13)20(23,24)25/h2-8H,9-10H2,1H3,(H,26,32)(H,27,31). The van der Waals surface area contributed by atoms with Crippen molar-refractivity contribution in [3.8, 4) is 0 Å². The van der Waals surface area contributed by atoms with Gasteiger partial charge in [0.25, 0.3) is 5.91 Å². The van der Waals surface area contributed by atoms with Gasteiger partial charge in [-0.1, -0.05) is 41.0 Å². The second-order valence-corrected chi connectivity index (χ2v) is 8.47. The van der Waals surface area contributed by atoms with Gasteiger partial charge in [0.15, 0.2) is 11.0 Å². The average Bonchev–Trinajstić information content (AvgIpc) is 3.09. The van der Waals surface area contributed by atoms with Crippen molar-refractivity contribution < 1.29 is 22.8 Å². The Balaban J connectivity index is 1.54. The number of hydrogen-bond acceptors (Lipinski definition) is 5. The molecule has 33 heavy (non-hydrogen) atoms. The monoisotopic (exact) mass is 517 g/mol. The number of anilines is 1. The quantitative estimate of drug-likeness (QED) is 0.439. The molecular formula is C20H16Cl2F3N5O2S. The van der Waals surface area contributed by atoms with Gasteiger partial charge in [-0.2, -0.15) is 13.2 Å². The van der Waals surface area contributed by atoms with Crippen molar-refractivity contribution in [2.75, 3.05) is 11.1 Å². The zero-order valence-corrected chi connectivity index (χ0v) is 19.2. The highest BCUT2D eigenvalue weighted by atomic mass is 35.5. The molecule has 0 bridgehead atoms. The highest BCUT2D eigenvalue weighted by Crippen LogP contribution is 2.30. The molecule has 13 heteroatoms. The first-order valence-electron chi connectivity index (χ1n) is 9.26. The summed E-state index contributed by atoms with van der Waals surface area (Å²) in [7, 11) is 1.66. The lowest BCUT2D eigenvalue weighted by atomic mass is 10.2. The average molecular weight is 518 g/mol. The third-order valence-corrected chi connectivity index (χ3v) is 5.88. The smallest absolute Gasteiger partial charge is 0.345 e. The van der Waals surface area contributed by atoms with E-state index in [1.54, 1.807) is 17.7 Å². The van der Waals surface area contributed by atoms with Crippen LogP contribution in [-0.2, 0) is 24.6 Å². The van der Waals surface area contributed by atoms with E-state index in [4.69, 9.17) is 23.2 Å². The highest BCUT2D eigenvalue weighted by Gasteiger charge is 2.30. The number of nitrogens with one attached hydrogen (secondary N) is 2. The largest absolute Gasteiger partial charge is 0.416 e. The van der Waals surface area contributed by atoms with E-state index in [9.17, 15) is 22.8 Å². The van der Waals surface area contributed by atoms with Gasteiger partial charge in [0.2, 0.25) is 5.91 Å². The molecule has 2 N–H and O–H groups in total. The van der Waals surface area contributed by atoms with Crippen molar-refractivity contribution in [3.05, 3.63) is 69.5 Å². The van der Waals surface area contributed by atoms with Crippen LogP contribution in [0, 0.1) is 0 Å². The maximum absolute atomic E-state index is 12.8. The number of thioether (sulfide) groups is 1. The molecule has 0 saturated heterocycles. The molecule has 0 radical (unpaired) electrons. The molecule has 0 saturated carbocycles. The molecule has 174 valence electrons. The summed E-state index contributed by atoms with van der Waals surface area (Å²) in [5.74, 6) is -0.604. The van der Waals surface area contributed by atoms with Gasteiger partial charge in [0.05, 0.1) is 28.4 Å². The van der Waals surface area contributed by atoms with E-state index in [2.05, 4.69) is 20.8 Å². The molecule has 2 aromatic carbocycles. The number of alkyl halides is 3. The molecule has 3 rings (SSSR count). The summed E-state index contributed by atoms with van der Waals surface area (Å²) < 4.78 is 40.0. The predicted octanol–water partition coefficient (Wildman–Crippen LogP) is 4.80. The van der Waals surface area contributed by atoms with Crippen molar-refractivity contribution in [1.29, 1.82) is 0 Å². The normalized spacial score (nSPS) is 11.3. The molecule has 1 aromatic heterocycles. The van der Waals surface area contributed by atoms with Crippen LogP contribution in [0.4, 0.5) is 18.9 Å². The molecule has 0 spiro atoms. The van der Waals surface area contributed by atoms with Crippen LogP contribution in [0.5, 0.6) is 0 Å². The Morgan fingerprint density at radius 2 is 1.88 bits per heavy atom. The Bertz CT molecular complexity index is 1190. The molecule has 0 atom stereocenters. The van der Waals surface area contributed by atoms with E-state index >= 15 is 0 Å². The van der Waals surface area contributed by atoms with E-state index in [1.807, 2.05) is 0 Å². The summed E-state index contributed by atoms with van der Waals surface area (Å²) in [5.41, 5.74) is -0.561. The van der Waals surface area contributed by atoms with Gasteiger partial charge in [-0.05, 0) is 36.4 Å². The molecule has 7 nitrogen and oxygen atoms in total. The van der Waals surface area contributed by atoms with Gasteiger partial charge in [0.1, 0.15) is 0 Å². The maximum atomic E-state index is 12.8. The Labute approximate surface area is 200 Å². The fourth-order valence-corrected chi connectivity index (χ4v) is 3.88. The zero-order valence-electron chi connectivity index (χ0n) is 16.9. The van der Waals surface area contributed by atoms with Crippen LogP contribution in [-0.4, -0.2) is 32.3 Å². The number of aromatic nitrogens is 3. The lowest BCUT2D eigenvalue weighted by Gasteiger charge is -2.10. The summed E-state index contributed by atoms with van der Waals surface area (Å²) in [6.45, 7) is 0.0538. The van der Waals surface area contributed by atoms with Gasteiger partial charge in [-0.15, -0.1) is 10.2 Å². The fraction of sp³-hybridized carbons (Fsp3) is 0.200. The Morgan fingerprint density at radius 1 is 1.12 bits per heavy atom. The highest BCUT2D eigenvalue weighted by molar-refractivity contribution is 7.99. The van der Waals surface area contributed by atoms with Crippen LogP contribution < -0.4 is 10.6 Å². The van der Waals surface area contributed by atoms with E-state index in [0.717, 1.165) is 23.9 Å². The molecule has 0 fully saturated rings. The number of hydrogen-bond donors (Lipinski definition) is 2. The minimum atomic E-state index is -4.50. The SMILES string of the molecule is Cn1c(CNC(=O)c2ccc(Cl)cc2Cl)nnc1SCC(=O)Nc1cccc(C(F)(F)F)c1. The minimum Gasteiger partial charge on any atom is -0.345 e. The van der Waals surface area contributed by atoms with Crippen LogP contribution in [0.15, 0.2) is 47.6 Å². The second kappa shape index (κ2) is 10.4. The lowest BCUT2D eigenvalue weighted by molar-refractivity contribution is -0.137. The van der Waals surface area contributed by atoms with E-state index in [-0.39, 0.29) is 28.6 Å². The predicted molar refractivity (Wildman–Crippen MR) is 119 cm³/mol. The minimum absolute atomic E-state index is 0.0395. The summed E-state index contributed by atoms with van der Waals surface area (Å²) in [6.07, 6.45) is -4.50. The molecule has 0 aliphatic heterocycles. The molecule has 0 aliphatic carbocycles. The van der Waals surface area contributed by atoms with E-state index < -0.39 is 23.6 Å². The third kappa shape index (κ3) is 6.62. The Hall–Kier alpha value is -2.76. The van der Waals surface area contributed by atoms with Crippen LogP contribution in [0.2, 0.25) is 10.0 Å². The molecule has 0 aliphatic rings. The van der Waals surface area contributed by atoms with E-state index in [1.165, 1.54) is 24.3 Å². The van der Waals surface area contributed by atoms with Crippen LogP contribution in [0.25, 0.3) is 0 Å². The number of carbonyl (C=O) groups excluding carboxylic acids is 2. The first kappa shape index (κ1) is 24.9. The fourth-order valence-electron chi connectivity index (χ4n) is 2.65. The Kier molecular flexibility index (Phi) is 7.88. The summed E-state index contributed by atoms with van der Waals surface area (Å²) in [4.78, 5) is 24.5. The van der Waals surface area contributed by atoms with Crippen molar-refractivity contribution in [2.24, 2.45) is 7.05 Å². The first-order chi connectivity index (χ1) is 15.5. The van der Waals surface area contributed by atoms with Gasteiger partial charge in [-0.3, -0.25) is 9.59 Å². The maximum Gasteiger partial charge on any atom is 0.416 e. The van der Waals surface area contributed by atoms with Gasteiger partial charge in [-0.25, -0.2) is 0 Å². The molecule has 1 heterocycles. The summed E-state index contributed by atoms with van der Waals surface area (Å²) in [5, 5.41) is 14.1. The first-order valence-corrected chi connectivity index (χ1v) is 11.0. The van der Waals surface area contributed by atoms with E-state index in [0.29, 0.717) is 16.0 Å². The summed E-state index contributed by atoms with van der Waals surface area (Å²) in [6, 6.07) is 8.87. The molecule has 0 unspecified atom stereocenters. The van der Waals surface area contributed by atoms with Crippen molar-refractivity contribution in [1.82, 2.24) is 20.1 Å². The van der Waals surface area contributed by atoms with Crippen LogP contribution in [0.1, 0.15) is 21.7 Å². The van der Waals surface area contributed by atoms with Crippen molar-refractivity contribution >= 4 is 52.5 Å². The molecular weight excluding hydrogens is 502 g/mol. The third-order valence-electron chi connectivity index (χ3n) is 4.31. The van der Waals surface area contributed by atoms with Gasteiger partial charge >= 0.3 is 6.18 Å². The number of halogens is 5. The van der Waals surface area contributed by atoms with Crippen LogP contribution in [0.3, 0.4) is 0 Å². The zero-order chi connectivity index (χ0) is 24.2. The number of nitrogens with zero attached hydrogens (tertiary/aromatic N) is 3. The molecule has 3 aromatic rings. The topological polar surface area (TPSA) is 88.9 Å². The Morgan fingerprint density at radius 3 is 2.58 bits per heavy atom. The van der Waals surface area contributed by atoms with Gasteiger partial charge in [0, 0.05) is 17.8 Å². The van der Waals surface area contributed by atoms with Gasteiger partial charge < -0.3 is 15.2 Å². The number of benzene rings is 2.